The van der Waals surface area contributed by atoms with Gasteiger partial charge in [0.25, 0.3) is 0 Å². The first-order valence-electron chi connectivity index (χ1n) is 6.19. The second kappa shape index (κ2) is 5.89. The van der Waals surface area contributed by atoms with Crippen LogP contribution in [0.4, 0.5) is 8.78 Å². The van der Waals surface area contributed by atoms with E-state index in [2.05, 4.69) is 10.3 Å². The van der Waals surface area contributed by atoms with Crippen LogP contribution in [0.5, 0.6) is 0 Å². The maximum absolute atomic E-state index is 13.7. The van der Waals surface area contributed by atoms with Gasteiger partial charge in [-0.3, -0.25) is 4.98 Å². The smallest absolute Gasteiger partial charge is 0.130 e. The van der Waals surface area contributed by atoms with E-state index in [0.717, 1.165) is 11.6 Å². The van der Waals surface area contributed by atoms with Gasteiger partial charge in [0.2, 0.25) is 0 Å². The number of hydrogen-bond donors (Lipinski definition) is 1. The fraction of sp³-hybridized carbons (Fsp3) is 0.267. The zero-order valence-electron chi connectivity index (χ0n) is 10.9. The molecule has 1 aromatic heterocycles. The molecule has 0 amide bonds. The molecule has 2 unspecified atom stereocenters. The molecule has 0 aliphatic carbocycles. The van der Waals surface area contributed by atoms with E-state index in [1.165, 1.54) is 12.1 Å². The zero-order valence-corrected chi connectivity index (χ0v) is 10.9. The Morgan fingerprint density at radius 3 is 2.32 bits per heavy atom. The van der Waals surface area contributed by atoms with Crippen molar-refractivity contribution in [3.8, 4) is 0 Å². The van der Waals surface area contributed by atoms with Crippen molar-refractivity contribution in [1.82, 2.24) is 10.3 Å². The van der Waals surface area contributed by atoms with Gasteiger partial charge < -0.3 is 5.32 Å². The topological polar surface area (TPSA) is 24.9 Å². The number of rotatable bonds is 4. The molecule has 100 valence electrons. The lowest BCUT2D eigenvalue weighted by molar-refractivity contribution is 0.470. The van der Waals surface area contributed by atoms with Crippen molar-refractivity contribution in [2.75, 3.05) is 0 Å². The number of pyridine rings is 1. The first-order valence-corrected chi connectivity index (χ1v) is 6.19. The molecule has 1 aromatic carbocycles. The van der Waals surface area contributed by atoms with Crippen LogP contribution in [-0.2, 0) is 0 Å². The Hall–Kier alpha value is -1.81. The van der Waals surface area contributed by atoms with Gasteiger partial charge in [0.15, 0.2) is 0 Å². The van der Waals surface area contributed by atoms with Gasteiger partial charge >= 0.3 is 0 Å². The molecule has 0 saturated heterocycles. The van der Waals surface area contributed by atoms with Gasteiger partial charge in [0, 0.05) is 36.1 Å². The minimum absolute atomic E-state index is 0.0578. The molecule has 1 N–H and O–H groups in total. The highest BCUT2D eigenvalue weighted by molar-refractivity contribution is 5.23. The third-order valence-electron chi connectivity index (χ3n) is 3.14. The number of benzene rings is 1. The molecule has 2 rings (SSSR count). The summed E-state index contributed by atoms with van der Waals surface area (Å²) in [6.45, 7) is 3.85. The molecular formula is C15H16F2N2. The Balaban J connectivity index is 2.10. The molecule has 0 saturated carbocycles. The van der Waals surface area contributed by atoms with E-state index in [1.807, 2.05) is 26.0 Å². The van der Waals surface area contributed by atoms with Crippen LogP contribution in [0.15, 0.2) is 42.7 Å². The molecule has 2 aromatic rings. The van der Waals surface area contributed by atoms with Gasteiger partial charge in [-0.05, 0) is 37.6 Å². The van der Waals surface area contributed by atoms with Gasteiger partial charge in [-0.1, -0.05) is 6.07 Å². The maximum atomic E-state index is 13.7. The van der Waals surface area contributed by atoms with Gasteiger partial charge in [-0.2, -0.15) is 0 Å². The van der Waals surface area contributed by atoms with E-state index < -0.39 is 11.6 Å². The summed E-state index contributed by atoms with van der Waals surface area (Å²) in [6, 6.07) is 7.32. The Labute approximate surface area is 111 Å². The number of hydrogen-bond acceptors (Lipinski definition) is 2. The van der Waals surface area contributed by atoms with Crippen molar-refractivity contribution in [1.29, 1.82) is 0 Å². The lowest BCUT2D eigenvalue weighted by Gasteiger charge is -2.21. The second-order valence-corrected chi connectivity index (χ2v) is 4.56. The summed E-state index contributed by atoms with van der Waals surface area (Å²) in [7, 11) is 0. The summed E-state index contributed by atoms with van der Waals surface area (Å²) < 4.78 is 26.5. The van der Waals surface area contributed by atoms with E-state index in [0.29, 0.717) is 5.56 Å². The maximum Gasteiger partial charge on any atom is 0.130 e. The molecule has 19 heavy (non-hydrogen) atoms. The minimum atomic E-state index is -0.560. The molecular weight excluding hydrogens is 246 g/mol. The Kier molecular flexibility index (Phi) is 4.22. The Morgan fingerprint density at radius 2 is 1.68 bits per heavy atom. The van der Waals surface area contributed by atoms with Crippen LogP contribution >= 0.6 is 0 Å². The molecule has 2 nitrogen and oxygen atoms in total. The number of aromatic nitrogens is 1. The quantitative estimate of drug-likeness (QED) is 0.907. The van der Waals surface area contributed by atoms with E-state index in [1.54, 1.807) is 12.4 Å². The fourth-order valence-corrected chi connectivity index (χ4v) is 2.07. The average molecular weight is 262 g/mol. The Morgan fingerprint density at radius 1 is 1.00 bits per heavy atom. The van der Waals surface area contributed by atoms with Gasteiger partial charge in [0.05, 0.1) is 0 Å². The van der Waals surface area contributed by atoms with Crippen molar-refractivity contribution in [2.45, 2.75) is 25.9 Å². The predicted octanol–water partition coefficient (Wildman–Crippen LogP) is 3.77. The van der Waals surface area contributed by atoms with E-state index >= 15 is 0 Å². The monoisotopic (exact) mass is 262 g/mol. The fourth-order valence-electron chi connectivity index (χ4n) is 2.07. The molecule has 0 spiro atoms. The van der Waals surface area contributed by atoms with Crippen molar-refractivity contribution in [3.63, 3.8) is 0 Å². The SMILES string of the molecule is CC(NC(C)c1ccc(F)cc1F)c1ccncc1. The van der Waals surface area contributed by atoms with Crippen molar-refractivity contribution in [3.05, 3.63) is 65.5 Å². The highest BCUT2D eigenvalue weighted by Gasteiger charge is 2.14. The summed E-state index contributed by atoms with van der Waals surface area (Å²) in [5.74, 6) is -1.09. The van der Waals surface area contributed by atoms with Crippen LogP contribution in [-0.4, -0.2) is 4.98 Å². The van der Waals surface area contributed by atoms with Gasteiger partial charge in [-0.25, -0.2) is 8.78 Å². The number of halogens is 2. The van der Waals surface area contributed by atoms with Gasteiger partial charge in [-0.15, -0.1) is 0 Å². The van der Waals surface area contributed by atoms with E-state index in [-0.39, 0.29) is 12.1 Å². The second-order valence-electron chi connectivity index (χ2n) is 4.56. The highest BCUT2D eigenvalue weighted by atomic mass is 19.1. The molecule has 0 radical (unpaired) electrons. The lowest BCUT2D eigenvalue weighted by Crippen LogP contribution is -2.23. The number of nitrogens with one attached hydrogen (secondary N) is 1. The summed E-state index contributed by atoms with van der Waals surface area (Å²) in [5.41, 5.74) is 1.53. The van der Waals surface area contributed by atoms with Crippen molar-refractivity contribution in [2.24, 2.45) is 0 Å². The van der Waals surface area contributed by atoms with Crippen molar-refractivity contribution >= 4 is 0 Å². The molecule has 0 aliphatic rings. The summed E-state index contributed by atoms with van der Waals surface area (Å²) >= 11 is 0. The van der Waals surface area contributed by atoms with Crippen LogP contribution in [0, 0.1) is 11.6 Å². The predicted molar refractivity (Wildman–Crippen MR) is 70.6 cm³/mol. The summed E-state index contributed by atoms with van der Waals surface area (Å²) in [6.07, 6.45) is 3.44. The van der Waals surface area contributed by atoms with Crippen LogP contribution in [0.3, 0.4) is 0 Å². The van der Waals surface area contributed by atoms with E-state index in [4.69, 9.17) is 0 Å². The van der Waals surface area contributed by atoms with Crippen LogP contribution in [0.25, 0.3) is 0 Å². The molecule has 1 heterocycles. The summed E-state index contributed by atoms with van der Waals surface area (Å²) in [4.78, 5) is 3.96. The van der Waals surface area contributed by atoms with Gasteiger partial charge in [0.1, 0.15) is 11.6 Å². The van der Waals surface area contributed by atoms with E-state index in [9.17, 15) is 8.78 Å². The molecule has 0 fully saturated rings. The first-order chi connectivity index (χ1) is 9.08. The molecule has 4 heteroatoms. The standard InChI is InChI=1S/C15H16F2N2/c1-10(12-5-7-18-8-6-12)19-11(2)14-4-3-13(16)9-15(14)17/h3-11,19H,1-2H3. The van der Waals surface area contributed by atoms with Crippen LogP contribution < -0.4 is 5.32 Å². The largest absolute Gasteiger partial charge is 0.304 e. The third-order valence-corrected chi connectivity index (χ3v) is 3.14. The summed E-state index contributed by atoms with van der Waals surface area (Å²) in [5, 5.41) is 3.28. The zero-order chi connectivity index (χ0) is 13.8. The normalized spacial score (nSPS) is 14.1. The first kappa shape index (κ1) is 13.6. The molecule has 0 aliphatic heterocycles. The molecule has 2 atom stereocenters. The number of nitrogens with zero attached hydrogens (tertiary/aromatic N) is 1. The Bertz CT molecular complexity index is 543. The highest BCUT2D eigenvalue weighted by Crippen LogP contribution is 2.21. The van der Waals surface area contributed by atoms with Crippen LogP contribution in [0.2, 0.25) is 0 Å². The van der Waals surface area contributed by atoms with Crippen molar-refractivity contribution < 1.29 is 8.78 Å². The van der Waals surface area contributed by atoms with Crippen LogP contribution in [0.1, 0.15) is 37.1 Å². The molecule has 0 bridgehead atoms. The minimum Gasteiger partial charge on any atom is -0.304 e. The lowest BCUT2D eigenvalue weighted by atomic mass is 10.0. The third kappa shape index (κ3) is 3.35. The average Bonchev–Trinajstić information content (AvgIpc) is 2.39.